The fourth-order valence-electron chi connectivity index (χ4n) is 3.06. The first kappa shape index (κ1) is 22.9. The van der Waals surface area contributed by atoms with Crippen LogP contribution in [0.3, 0.4) is 0 Å². The van der Waals surface area contributed by atoms with Crippen molar-refractivity contribution in [3.63, 3.8) is 0 Å². The Morgan fingerprint density at radius 2 is 1.91 bits per heavy atom. The summed E-state index contributed by atoms with van der Waals surface area (Å²) in [7, 11) is 3.98. The Kier molecular flexibility index (Phi) is 14.2. The first-order valence-corrected chi connectivity index (χ1v) is 8.93. The number of nitrogens with zero attached hydrogens (tertiary/aromatic N) is 3. The maximum atomic E-state index is 5.45. The van der Waals surface area contributed by atoms with Gasteiger partial charge in [0.2, 0.25) is 0 Å². The number of hydrogen-bond donors (Lipinski definition) is 1. The van der Waals surface area contributed by atoms with E-state index in [2.05, 4.69) is 41.0 Å². The van der Waals surface area contributed by atoms with Gasteiger partial charge in [0.05, 0.1) is 6.61 Å². The molecule has 0 aromatic rings. The minimum atomic E-state index is 0. The predicted octanol–water partition coefficient (Wildman–Crippen LogP) is 2.66. The van der Waals surface area contributed by atoms with Crippen LogP contribution in [0, 0.1) is 5.92 Å². The van der Waals surface area contributed by atoms with Crippen LogP contribution in [-0.2, 0) is 4.74 Å². The summed E-state index contributed by atoms with van der Waals surface area (Å²) < 4.78 is 5.45. The van der Waals surface area contributed by atoms with E-state index in [0.717, 1.165) is 32.3 Å². The van der Waals surface area contributed by atoms with Crippen LogP contribution in [0.1, 0.15) is 39.5 Å². The summed E-state index contributed by atoms with van der Waals surface area (Å²) in [6, 6.07) is 0. The molecule has 1 rings (SSSR count). The number of halogens is 1. The molecule has 1 heterocycles. The van der Waals surface area contributed by atoms with Gasteiger partial charge in [0.1, 0.15) is 0 Å². The normalized spacial score (nSPS) is 18.1. The number of rotatable bonds is 10. The molecule has 23 heavy (non-hydrogen) atoms. The van der Waals surface area contributed by atoms with E-state index in [1.54, 1.807) is 0 Å². The Balaban J connectivity index is 0.00000484. The molecule has 0 bridgehead atoms. The van der Waals surface area contributed by atoms with Crippen LogP contribution in [0.2, 0.25) is 0 Å². The summed E-state index contributed by atoms with van der Waals surface area (Å²) in [6.07, 6.45) is 4.81. The van der Waals surface area contributed by atoms with Gasteiger partial charge < -0.3 is 19.9 Å². The second-order valence-corrected chi connectivity index (χ2v) is 6.28. The molecule has 1 fully saturated rings. The third-order valence-electron chi connectivity index (χ3n) is 4.14. The summed E-state index contributed by atoms with van der Waals surface area (Å²) in [5.41, 5.74) is 0. The smallest absolute Gasteiger partial charge is 0.193 e. The average molecular weight is 440 g/mol. The van der Waals surface area contributed by atoms with Crippen molar-refractivity contribution in [1.82, 2.24) is 15.1 Å². The lowest BCUT2D eigenvalue weighted by atomic mass is 10.1. The zero-order chi connectivity index (χ0) is 16.2. The predicted molar refractivity (Wildman–Crippen MR) is 110 cm³/mol. The van der Waals surface area contributed by atoms with Crippen molar-refractivity contribution in [2.75, 3.05) is 60.0 Å². The monoisotopic (exact) mass is 440 g/mol. The van der Waals surface area contributed by atoms with Crippen molar-refractivity contribution in [3.05, 3.63) is 0 Å². The summed E-state index contributed by atoms with van der Waals surface area (Å²) in [5, 5.41) is 3.49. The Morgan fingerprint density at radius 3 is 2.43 bits per heavy atom. The molecule has 1 atom stereocenters. The van der Waals surface area contributed by atoms with Crippen LogP contribution < -0.4 is 5.32 Å². The molecule has 0 aromatic carbocycles. The molecule has 1 aliphatic heterocycles. The van der Waals surface area contributed by atoms with Gasteiger partial charge >= 0.3 is 0 Å². The SMILES string of the molecule is CCCN(CCC)CCCNC(=NC)N(C)CC1CCOC1.I. The molecule has 0 radical (unpaired) electrons. The Bertz CT molecular complexity index is 303. The molecule has 1 unspecified atom stereocenters. The van der Waals surface area contributed by atoms with E-state index in [1.165, 1.54) is 45.3 Å². The van der Waals surface area contributed by atoms with Crippen molar-refractivity contribution in [1.29, 1.82) is 0 Å². The van der Waals surface area contributed by atoms with Crippen LogP contribution >= 0.6 is 24.0 Å². The second kappa shape index (κ2) is 14.3. The molecule has 1 aliphatic rings. The molecule has 138 valence electrons. The third kappa shape index (κ3) is 9.72. The molecule has 0 saturated carbocycles. The van der Waals surface area contributed by atoms with E-state index in [4.69, 9.17) is 4.74 Å². The summed E-state index contributed by atoms with van der Waals surface area (Å²) in [5.74, 6) is 1.65. The van der Waals surface area contributed by atoms with Gasteiger partial charge in [-0.2, -0.15) is 0 Å². The van der Waals surface area contributed by atoms with Gasteiger partial charge in [0.25, 0.3) is 0 Å². The zero-order valence-corrected chi connectivity index (χ0v) is 17.8. The third-order valence-corrected chi connectivity index (χ3v) is 4.14. The van der Waals surface area contributed by atoms with Crippen molar-refractivity contribution in [3.8, 4) is 0 Å². The van der Waals surface area contributed by atoms with E-state index < -0.39 is 0 Å². The van der Waals surface area contributed by atoms with E-state index in [9.17, 15) is 0 Å². The van der Waals surface area contributed by atoms with Crippen LogP contribution in [0.25, 0.3) is 0 Å². The molecule has 5 nitrogen and oxygen atoms in total. The molecule has 0 aliphatic carbocycles. The Hall–Kier alpha value is -0.0800. The molecule has 6 heteroatoms. The fourth-order valence-corrected chi connectivity index (χ4v) is 3.06. The van der Waals surface area contributed by atoms with E-state index >= 15 is 0 Å². The maximum Gasteiger partial charge on any atom is 0.193 e. The van der Waals surface area contributed by atoms with Crippen LogP contribution in [0.5, 0.6) is 0 Å². The van der Waals surface area contributed by atoms with Gasteiger partial charge in [-0.15, -0.1) is 24.0 Å². The Morgan fingerprint density at radius 1 is 1.22 bits per heavy atom. The first-order valence-electron chi connectivity index (χ1n) is 8.93. The minimum Gasteiger partial charge on any atom is -0.381 e. The topological polar surface area (TPSA) is 40.1 Å². The van der Waals surface area contributed by atoms with Crippen LogP contribution in [0.4, 0.5) is 0 Å². The molecule has 0 spiro atoms. The van der Waals surface area contributed by atoms with Gasteiger partial charge in [0, 0.05) is 39.7 Å². The van der Waals surface area contributed by atoms with Crippen molar-refractivity contribution in [2.24, 2.45) is 10.9 Å². The lowest BCUT2D eigenvalue weighted by molar-refractivity contribution is 0.181. The quantitative estimate of drug-likeness (QED) is 0.246. The van der Waals surface area contributed by atoms with Gasteiger partial charge in [0.15, 0.2) is 5.96 Å². The van der Waals surface area contributed by atoms with E-state index in [0.29, 0.717) is 5.92 Å². The number of nitrogens with one attached hydrogen (secondary N) is 1. The molecule has 1 N–H and O–H groups in total. The van der Waals surface area contributed by atoms with E-state index in [-0.39, 0.29) is 24.0 Å². The molecule has 1 saturated heterocycles. The van der Waals surface area contributed by atoms with Gasteiger partial charge in [-0.3, -0.25) is 4.99 Å². The lowest BCUT2D eigenvalue weighted by Crippen LogP contribution is -2.42. The molecule has 0 aromatic heterocycles. The first-order chi connectivity index (χ1) is 10.7. The maximum absolute atomic E-state index is 5.45. The highest BCUT2D eigenvalue weighted by Crippen LogP contribution is 2.13. The lowest BCUT2D eigenvalue weighted by Gasteiger charge is -2.25. The van der Waals surface area contributed by atoms with Gasteiger partial charge in [-0.25, -0.2) is 0 Å². The van der Waals surface area contributed by atoms with Crippen LogP contribution in [-0.4, -0.2) is 75.8 Å². The van der Waals surface area contributed by atoms with Gasteiger partial charge in [-0.1, -0.05) is 13.8 Å². The number of ether oxygens (including phenoxy) is 1. The largest absolute Gasteiger partial charge is 0.381 e. The van der Waals surface area contributed by atoms with E-state index in [1.807, 2.05) is 7.05 Å². The molecule has 0 amide bonds. The number of guanidine groups is 1. The fraction of sp³-hybridized carbons (Fsp3) is 0.941. The summed E-state index contributed by atoms with van der Waals surface area (Å²) in [4.78, 5) is 9.19. The van der Waals surface area contributed by atoms with Crippen molar-refractivity contribution < 1.29 is 4.74 Å². The Labute approximate surface area is 160 Å². The highest BCUT2D eigenvalue weighted by molar-refractivity contribution is 14.0. The molecular formula is C17H37IN4O. The number of aliphatic imine (C=N–C) groups is 1. The van der Waals surface area contributed by atoms with Gasteiger partial charge in [-0.05, 0) is 45.3 Å². The van der Waals surface area contributed by atoms with Crippen molar-refractivity contribution >= 4 is 29.9 Å². The highest BCUT2D eigenvalue weighted by Gasteiger charge is 2.18. The standard InChI is InChI=1S/C17H36N4O.HI/c1-5-10-21(11-6-2)12-7-9-19-17(18-3)20(4)14-16-8-13-22-15-16;/h16H,5-15H2,1-4H3,(H,18,19);1H. The highest BCUT2D eigenvalue weighted by atomic mass is 127. The zero-order valence-electron chi connectivity index (χ0n) is 15.5. The summed E-state index contributed by atoms with van der Waals surface area (Å²) >= 11 is 0. The minimum absolute atomic E-state index is 0. The van der Waals surface area contributed by atoms with Crippen LogP contribution in [0.15, 0.2) is 4.99 Å². The average Bonchev–Trinajstić information content (AvgIpc) is 3.00. The molecular weight excluding hydrogens is 403 g/mol. The van der Waals surface area contributed by atoms with Crippen molar-refractivity contribution in [2.45, 2.75) is 39.5 Å². The summed E-state index contributed by atoms with van der Waals surface area (Å²) in [6.45, 7) is 11.9. The number of hydrogen-bond acceptors (Lipinski definition) is 3. The second-order valence-electron chi connectivity index (χ2n) is 6.28.